The molecule has 1 aliphatic heterocycles. The molecule has 0 radical (unpaired) electrons. The zero-order valence-electron chi connectivity index (χ0n) is 12.4. The number of hydrogen-bond donors (Lipinski definition) is 2. The molecular weight excluding hydrogens is 273 g/mol. The molecule has 0 amide bonds. The minimum absolute atomic E-state index is 0.156. The summed E-state index contributed by atoms with van der Waals surface area (Å²) in [5, 5.41) is 19.8. The maximum atomic E-state index is 13.4. The second-order valence-corrected chi connectivity index (χ2v) is 5.85. The van der Waals surface area contributed by atoms with Gasteiger partial charge in [-0.3, -0.25) is 4.90 Å². The Hall–Kier alpha value is -1.01. The Morgan fingerprint density at radius 3 is 2.90 bits per heavy atom. The van der Waals surface area contributed by atoms with Crippen LogP contribution in [0.5, 0.6) is 0 Å². The summed E-state index contributed by atoms with van der Waals surface area (Å²) in [7, 11) is 0. The minimum atomic E-state index is -0.627. The third-order valence-electron chi connectivity index (χ3n) is 4.00. The number of rotatable bonds is 6. The van der Waals surface area contributed by atoms with E-state index in [1.807, 2.05) is 11.8 Å². The molecule has 0 bridgehead atoms. The Balaban J connectivity index is 1.68. The number of halogens is 1. The molecule has 118 valence electrons. The van der Waals surface area contributed by atoms with E-state index >= 15 is 0 Å². The number of β-amino-alcohol motifs (C(OH)–C–C–N with tert-alkyl or cyclic N) is 2. The van der Waals surface area contributed by atoms with E-state index in [-0.39, 0.29) is 25.1 Å². The van der Waals surface area contributed by atoms with Crippen LogP contribution in [0.4, 0.5) is 4.39 Å². The highest BCUT2D eigenvalue weighted by Crippen LogP contribution is 2.17. The standard InChI is InChI=1S/C16H24FNO3/c1-12-6-7-18(9-16(12)20)8-14(19)11-21-10-13-4-2-3-5-15(13)17/h2-5,12,14,16,19-20H,6-11H2,1H3. The number of benzene rings is 1. The summed E-state index contributed by atoms with van der Waals surface area (Å²) in [6.07, 6.45) is -0.0214. The van der Waals surface area contributed by atoms with Crippen LogP contribution >= 0.6 is 0 Å². The van der Waals surface area contributed by atoms with Crippen molar-refractivity contribution in [3.05, 3.63) is 35.6 Å². The van der Waals surface area contributed by atoms with Gasteiger partial charge in [-0.2, -0.15) is 0 Å². The molecule has 3 unspecified atom stereocenters. The molecule has 0 spiro atoms. The molecule has 2 N–H and O–H groups in total. The third kappa shape index (κ3) is 5.04. The number of hydrogen-bond acceptors (Lipinski definition) is 4. The normalized spacial score (nSPS) is 25.0. The maximum absolute atomic E-state index is 13.4. The topological polar surface area (TPSA) is 52.9 Å². The molecule has 21 heavy (non-hydrogen) atoms. The van der Waals surface area contributed by atoms with Gasteiger partial charge in [-0.15, -0.1) is 0 Å². The van der Waals surface area contributed by atoms with Gasteiger partial charge >= 0.3 is 0 Å². The van der Waals surface area contributed by atoms with Crippen molar-refractivity contribution >= 4 is 0 Å². The predicted octanol–water partition coefficient (Wildman–Crippen LogP) is 1.41. The van der Waals surface area contributed by atoms with E-state index < -0.39 is 6.10 Å². The Kier molecular flexibility index (Phi) is 6.11. The van der Waals surface area contributed by atoms with Gasteiger partial charge in [-0.05, 0) is 24.9 Å². The van der Waals surface area contributed by atoms with Gasteiger partial charge in [0.15, 0.2) is 0 Å². The van der Waals surface area contributed by atoms with E-state index in [2.05, 4.69) is 0 Å². The fourth-order valence-electron chi connectivity index (χ4n) is 2.55. The van der Waals surface area contributed by atoms with Crippen LogP contribution in [0.3, 0.4) is 0 Å². The summed E-state index contributed by atoms with van der Waals surface area (Å²) in [6.45, 7) is 4.30. The first-order valence-electron chi connectivity index (χ1n) is 7.46. The largest absolute Gasteiger partial charge is 0.392 e. The highest BCUT2D eigenvalue weighted by molar-refractivity contribution is 5.16. The smallest absolute Gasteiger partial charge is 0.128 e. The second-order valence-electron chi connectivity index (χ2n) is 5.85. The maximum Gasteiger partial charge on any atom is 0.128 e. The molecule has 1 aliphatic rings. The van der Waals surface area contributed by atoms with Crippen LogP contribution in [0, 0.1) is 11.7 Å². The van der Waals surface area contributed by atoms with Gasteiger partial charge in [0.05, 0.1) is 25.4 Å². The van der Waals surface area contributed by atoms with Crippen molar-refractivity contribution < 1.29 is 19.3 Å². The minimum Gasteiger partial charge on any atom is -0.392 e. The van der Waals surface area contributed by atoms with E-state index in [0.29, 0.717) is 24.6 Å². The van der Waals surface area contributed by atoms with Crippen LogP contribution in [-0.4, -0.2) is 53.6 Å². The fourth-order valence-corrected chi connectivity index (χ4v) is 2.55. The van der Waals surface area contributed by atoms with E-state index in [1.54, 1.807) is 18.2 Å². The van der Waals surface area contributed by atoms with Crippen molar-refractivity contribution in [2.75, 3.05) is 26.2 Å². The lowest BCUT2D eigenvalue weighted by molar-refractivity contribution is -0.0201. The lowest BCUT2D eigenvalue weighted by atomic mass is 9.96. The molecule has 1 heterocycles. The van der Waals surface area contributed by atoms with Gasteiger partial charge in [0, 0.05) is 18.7 Å². The zero-order valence-corrected chi connectivity index (χ0v) is 12.4. The van der Waals surface area contributed by atoms with E-state index in [1.165, 1.54) is 6.07 Å². The Bertz CT molecular complexity index is 443. The van der Waals surface area contributed by atoms with Gasteiger partial charge in [0.2, 0.25) is 0 Å². The van der Waals surface area contributed by atoms with E-state index in [4.69, 9.17) is 4.74 Å². The van der Waals surface area contributed by atoms with Crippen molar-refractivity contribution in [1.29, 1.82) is 0 Å². The lowest BCUT2D eigenvalue weighted by Crippen LogP contribution is -2.46. The molecule has 4 nitrogen and oxygen atoms in total. The van der Waals surface area contributed by atoms with Crippen LogP contribution in [0.1, 0.15) is 18.9 Å². The quantitative estimate of drug-likeness (QED) is 0.833. The molecule has 0 aromatic heterocycles. The average molecular weight is 297 g/mol. The van der Waals surface area contributed by atoms with Crippen molar-refractivity contribution in [3.63, 3.8) is 0 Å². The van der Waals surface area contributed by atoms with Gasteiger partial charge in [0.25, 0.3) is 0 Å². The van der Waals surface area contributed by atoms with E-state index in [9.17, 15) is 14.6 Å². The molecule has 1 fully saturated rings. The van der Waals surface area contributed by atoms with Crippen LogP contribution in [0.25, 0.3) is 0 Å². The fraction of sp³-hybridized carbons (Fsp3) is 0.625. The first-order chi connectivity index (χ1) is 10.1. The van der Waals surface area contributed by atoms with Crippen LogP contribution in [-0.2, 0) is 11.3 Å². The molecule has 2 rings (SSSR count). The summed E-state index contributed by atoms with van der Waals surface area (Å²) in [5.41, 5.74) is 0.493. The van der Waals surface area contributed by atoms with Crippen molar-refractivity contribution in [1.82, 2.24) is 4.90 Å². The second kappa shape index (κ2) is 7.84. The Labute approximate surface area is 125 Å². The summed E-state index contributed by atoms with van der Waals surface area (Å²) < 4.78 is 18.8. The SMILES string of the molecule is CC1CCN(CC(O)COCc2ccccc2F)CC1O. The van der Waals surface area contributed by atoms with Crippen molar-refractivity contribution in [2.24, 2.45) is 5.92 Å². The Morgan fingerprint density at radius 1 is 1.43 bits per heavy atom. The summed E-state index contributed by atoms with van der Waals surface area (Å²) in [6, 6.07) is 6.46. The molecule has 0 aliphatic carbocycles. The van der Waals surface area contributed by atoms with Gasteiger partial charge < -0.3 is 14.9 Å². The van der Waals surface area contributed by atoms with Crippen LogP contribution in [0.2, 0.25) is 0 Å². The zero-order chi connectivity index (χ0) is 15.2. The van der Waals surface area contributed by atoms with Crippen LogP contribution in [0.15, 0.2) is 24.3 Å². The number of ether oxygens (including phenoxy) is 1. The first-order valence-corrected chi connectivity index (χ1v) is 7.46. The van der Waals surface area contributed by atoms with Crippen molar-refractivity contribution in [3.8, 4) is 0 Å². The summed E-state index contributed by atoms with van der Waals surface area (Å²) in [5.74, 6) is 0.0239. The molecule has 1 aromatic rings. The highest BCUT2D eigenvalue weighted by atomic mass is 19.1. The monoisotopic (exact) mass is 297 g/mol. The van der Waals surface area contributed by atoms with Gasteiger partial charge in [0.1, 0.15) is 5.82 Å². The number of piperidine rings is 1. The number of nitrogens with zero attached hydrogens (tertiary/aromatic N) is 1. The van der Waals surface area contributed by atoms with Crippen molar-refractivity contribution in [2.45, 2.75) is 32.2 Å². The van der Waals surface area contributed by atoms with Crippen LogP contribution < -0.4 is 0 Å². The summed E-state index contributed by atoms with van der Waals surface area (Å²) >= 11 is 0. The molecule has 5 heteroatoms. The first kappa shape index (κ1) is 16.4. The highest BCUT2D eigenvalue weighted by Gasteiger charge is 2.25. The van der Waals surface area contributed by atoms with Gasteiger partial charge in [-0.25, -0.2) is 4.39 Å². The Morgan fingerprint density at radius 2 is 2.19 bits per heavy atom. The molecular formula is C16H24FNO3. The van der Waals surface area contributed by atoms with Gasteiger partial charge in [-0.1, -0.05) is 25.1 Å². The number of aliphatic hydroxyl groups excluding tert-OH is 2. The molecule has 1 aromatic carbocycles. The van der Waals surface area contributed by atoms with E-state index in [0.717, 1.165) is 13.0 Å². The number of aliphatic hydroxyl groups is 2. The predicted molar refractivity (Wildman–Crippen MR) is 78.3 cm³/mol. The average Bonchev–Trinajstić information content (AvgIpc) is 2.45. The summed E-state index contributed by atoms with van der Waals surface area (Å²) in [4.78, 5) is 2.04. The molecule has 1 saturated heterocycles. The number of likely N-dealkylation sites (tertiary alicyclic amines) is 1. The molecule has 3 atom stereocenters. The third-order valence-corrected chi connectivity index (χ3v) is 4.00. The molecule has 0 saturated carbocycles. The lowest BCUT2D eigenvalue weighted by Gasteiger charge is -2.35.